The van der Waals surface area contributed by atoms with Crippen molar-refractivity contribution in [1.82, 2.24) is 10.2 Å². The van der Waals surface area contributed by atoms with E-state index in [1.165, 1.54) is 0 Å². The molecule has 0 rings (SSSR count). The van der Waals surface area contributed by atoms with E-state index < -0.39 is 12.1 Å². The Labute approximate surface area is 107 Å². The van der Waals surface area contributed by atoms with Crippen LogP contribution in [0.3, 0.4) is 0 Å². The quantitative estimate of drug-likeness (QED) is 0.567. The predicted molar refractivity (Wildman–Crippen MR) is 65.4 cm³/mol. The molecule has 0 radical (unpaired) electrons. The van der Waals surface area contributed by atoms with Gasteiger partial charge in [-0.05, 0) is 13.8 Å². The zero-order chi connectivity index (χ0) is 14.1. The van der Waals surface area contributed by atoms with Crippen LogP contribution in [0.25, 0.3) is 0 Å². The minimum atomic E-state index is -1.45. The van der Waals surface area contributed by atoms with E-state index in [0.717, 1.165) is 0 Å². The Bertz CT molecular complexity index is 270. The standard InChI is InChI=1S/C11H22N2O5/c1-8(2)13(6-7-18-3)11(17)12-5-4-9(14)10(15)16/h8-9,14H,4-7H2,1-3H3,(H,12,17)(H,15,16). The number of aliphatic hydroxyl groups is 1. The van der Waals surface area contributed by atoms with Crippen molar-refractivity contribution < 1.29 is 24.5 Å². The van der Waals surface area contributed by atoms with E-state index in [0.29, 0.717) is 13.2 Å². The monoisotopic (exact) mass is 262 g/mol. The van der Waals surface area contributed by atoms with Crippen LogP contribution in [0, 0.1) is 0 Å². The lowest BCUT2D eigenvalue weighted by molar-refractivity contribution is -0.146. The number of urea groups is 1. The number of rotatable bonds is 8. The smallest absolute Gasteiger partial charge is 0.332 e. The molecule has 0 aliphatic carbocycles. The lowest BCUT2D eigenvalue weighted by Crippen LogP contribution is -2.46. The molecule has 0 saturated carbocycles. The Balaban J connectivity index is 4.06. The average Bonchev–Trinajstić information content (AvgIpc) is 2.28. The molecule has 18 heavy (non-hydrogen) atoms. The first-order chi connectivity index (χ1) is 8.40. The molecule has 0 aromatic heterocycles. The van der Waals surface area contributed by atoms with Crippen molar-refractivity contribution in [2.45, 2.75) is 32.4 Å². The average molecular weight is 262 g/mol. The van der Waals surface area contributed by atoms with Crippen LogP contribution in [0.15, 0.2) is 0 Å². The third kappa shape index (κ3) is 6.41. The van der Waals surface area contributed by atoms with Crippen LogP contribution in [0.5, 0.6) is 0 Å². The Hall–Kier alpha value is -1.34. The summed E-state index contributed by atoms with van der Waals surface area (Å²) in [5, 5.41) is 20.1. The number of hydrogen-bond acceptors (Lipinski definition) is 4. The number of hydrogen-bond donors (Lipinski definition) is 3. The van der Waals surface area contributed by atoms with Crippen LogP contribution in [-0.2, 0) is 9.53 Å². The van der Waals surface area contributed by atoms with Gasteiger partial charge in [0.05, 0.1) is 6.61 Å². The SMILES string of the molecule is COCCN(C(=O)NCCC(O)C(=O)O)C(C)C. The van der Waals surface area contributed by atoms with E-state index >= 15 is 0 Å². The molecule has 0 aromatic carbocycles. The van der Waals surface area contributed by atoms with Gasteiger partial charge in [0.1, 0.15) is 0 Å². The first kappa shape index (κ1) is 16.7. The second-order valence-corrected chi connectivity index (χ2v) is 4.15. The van der Waals surface area contributed by atoms with Crippen LogP contribution in [0.4, 0.5) is 4.79 Å². The summed E-state index contributed by atoms with van der Waals surface area (Å²) in [5.74, 6) is -1.29. The largest absolute Gasteiger partial charge is 0.479 e. The molecular weight excluding hydrogens is 240 g/mol. The molecule has 0 fully saturated rings. The zero-order valence-electron chi connectivity index (χ0n) is 11.0. The van der Waals surface area contributed by atoms with Crippen LogP contribution in [-0.4, -0.2) is 66.1 Å². The molecule has 0 aliphatic rings. The fourth-order valence-electron chi connectivity index (χ4n) is 1.32. The molecule has 0 heterocycles. The molecular formula is C11H22N2O5. The van der Waals surface area contributed by atoms with Crippen molar-refractivity contribution in [3.63, 3.8) is 0 Å². The molecule has 106 valence electrons. The van der Waals surface area contributed by atoms with Gasteiger partial charge in [-0.25, -0.2) is 9.59 Å². The fourth-order valence-corrected chi connectivity index (χ4v) is 1.32. The van der Waals surface area contributed by atoms with Crippen LogP contribution < -0.4 is 5.32 Å². The summed E-state index contributed by atoms with van der Waals surface area (Å²) < 4.78 is 4.91. The molecule has 1 atom stereocenters. The summed E-state index contributed by atoms with van der Waals surface area (Å²) in [6.07, 6.45) is -1.46. The minimum absolute atomic E-state index is 0.0166. The lowest BCUT2D eigenvalue weighted by Gasteiger charge is -2.26. The maximum atomic E-state index is 11.8. The number of carbonyl (C=O) groups is 2. The molecule has 1 unspecified atom stereocenters. The van der Waals surface area contributed by atoms with Gasteiger partial charge in [-0.3, -0.25) is 0 Å². The van der Waals surface area contributed by atoms with Gasteiger partial charge in [0.15, 0.2) is 6.10 Å². The highest BCUT2D eigenvalue weighted by Crippen LogP contribution is 1.99. The van der Waals surface area contributed by atoms with Crippen molar-refractivity contribution >= 4 is 12.0 Å². The fraction of sp³-hybridized carbons (Fsp3) is 0.818. The van der Waals surface area contributed by atoms with Crippen molar-refractivity contribution in [2.24, 2.45) is 0 Å². The second kappa shape index (κ2) is 8.71. The minimum Gasteiger partial charge on any atom is -0.479 e. The molecule has 0 aliphatic heterocycles. The van der Waals surface area contributed by atoms with E-state index in [4.69, 9.17) is 14.9 Å². The molecule has 7 nitrogen and oxygen atoms in total. The highest BCUT2D eigenvalue weighted by molar-refractivity contribution is 5.75. The highest BCUT2D eigenvalue weighted by atomic mass is 16.5. The summed E-state index contributed by atoms with van der Waals surface area (Å²) in [4.78, 5) is 23.7. The molecule has 0 bridgehead atoms. The van der Waals surface area contributed by atoms with Gasteiger partial charge in [-0.2, -0.15) is 0 Å². The molecule has 3 N–H and O–H groups in total. The van der Waals surface area contributed by atoms with Gasteiger partial charge in [0.25, 0.3) is 0 Å². The van der Waals surface area contributed by atoms with Crippen LogP contribution in [0.2, 0.25) is 0 Å². The number of amides is 2. The van der Waals surface area contributed by atoms with E-state index in [1.54, 1.807) is 12.0 Å². The Morgan fingerprint density at radius 2 is 2.00 bits per heavy atom. The third-order valence-electron chi connectivity index (χ3n) is 2.40. The van der Waals surface area contributed by atoms with Crippen molar-refractivity contribution in [3.05, 3.63) is 0 Å². The van der Waals surface area contributed by atoms with Gasteiger partial charge in [0, 0.05) is 32.7 Å². The Kier molecular flexibility index (Phi) is 8.06. The van der Waals surface area contributed by atoms with E-state index in [9.17, 15) is 9.59 Å². The molecule has 0 aromatic rings. The Morgan fingerprint density at radius 3 is 2.44 bits per heavy atom. The van der Waals surface area contributed by atoms with Crippen molar-refractivity contribution in [1.29, 1.82) is 0 Å². The predicted octanol–water partition coefficient (Wildman–Crippen LogP) is -0.112. The normalized spacial score (nSPS) is 12.3. The van der Waals surface area contributed by atoms with Crippen LogP contribution >= 0.6 is 0 Å². The number of aliphatic hydroxyl groups excluding tert-OH is 1. The van der Waals surface area contributed by atoms with Crippen molar-refractivity contribution in [2.75, 3.05) is 26.8 Å². The summed E-state index contributed by atoms with van der Waals surface area (Å²) in [5.41, 5.74) is 0. The maximum Gasteiger partial charge on any atom is 0.332 e. The molecule has 2 amide bonds. The summed E-state index contributed by atoms with van der Waals surface area (Å²) >= 11 is 0. The maximum absolute atomic E-state index is 11.8. The Morgan fingerprint density at radius 1 is 1.39 bits per heavy atom. The number of ether oxygens (including phenoxy) is 1. The molecule has 7 heteroatoms. The summed E-state index contributed by atoms with van der Waals surface area (Å²) in [6.45, 7) is 4.76. The first-order valence-corrected chi connectivity index (χ1v) is 5.84. The number of aliphatic carboxylic acids is 1. The van der Waals surface area contributed by atoms with Gasteiger partial charge in [0.2, 0.25) is 0 Å². The number of nitrogens with zero attached hydrogens (tertiary/aromatic N) is 1. The van der Waals surface area contributed by atoms with E-state index in [-0.39, 0.29) is 25.0 Å². The van der Waals surface area contributed by atoms with E-state index in [1.807, 2.05) is 13.8 Å². The number of methoxy groups -OCH3 is 1. The number of carbonyl (C=O) groups excluding carboxylic acids is 1. The highest BCUT2D eigenvalue weighted by Gasteiger charge is 2.17. The lowest BCUT2D eigenvalue weighted by atomic mass is 10.2. The van der Waals surface area contributed by atoms with E-state index in [2.05, 4.69) is 5.32 Å². The summed E-state index contributed by atoms with van der Waals surface area (Å²) in [7, 11) is 1.56. The van der Waals surface area contributed by atoms with Crippen molar-refractivity contribution in [3.8, 4) is 0 Å². The number of carboxylic acid groups (broad SMARTS) is 1. The third-order valence-corrected chi connectivity index (χ3v) is 2.40. The first-order valence-electron chi connectivity index (χ1n) is 5.84. The number of carboxylic acids is 1. The number of nitrogens with one attached hydrogen (secondary N) is 1. The topological polar surface area (TPSA) is 99.1 Å². The van der Waals surface area contributed by atoms with Gasteiger partial charge < -0.3 is 25.2 Å². The van der Waals surface area contributed by atoms with Crippen LogP contribution in [0.1, 0.15) is 20.3 Å². The molecule has 0 spiro atoms. The molecule has 0 saturated heterocycles. The zero-order valence-corrected chi connectivity index (χ0v) is 11.0. The summed E-state index contributed by atoms with van der Waals surface area (Å²) in [6, 6.07) is -0.274. The van der Waals surface area contributed by atoms with Gasteiger partial charge in [-0.1, -0.05) is 0 Å². The van der Waals surface area contributed by atoms with Gasteiger partial charge in [-0.15, -0.1) is 0 Å². The van der Waals surface area contributed by atoms with Gasteiger partial charge >= 0.3 is 12.0 Å². The second-order valence-electron chi connectivity index (χ2n) is 4.15.